The van der Waals surface area contributed by atoms with E-state index >= 15 is 0 Å². The Bertz CT molecular complexity index is 635. The molecule has 2 aromatic rings. The second-order valence-electron chi connectivity index (χ2n) is 4.25. The Labute approximate surface area is 121 Å². The van der Waals surface area contributed by atoms with E-state index in [9.17, 15) is 4.79 Å². The first kappa shape index (κ1) is 14.4. The highest BCUT2D eigenvalue weighted by molar-refractivity contribution is 7.71. The van der Waals surface area contributed by atoms with Gasteiger partial charge in [-0.1, -0.05) is 30.3 Å². The van der Waals surface area contributed by atoms with E-state index in [1.54, 1.807) is 11.6 Å². The highest BCUT2D eigenvalue weighted by Crippen LogP contribution is 2.16. The average Bonchev–Trinajstić information content (AvgIpc) is 2.78. The lowest BCUT2D eigenvalue weighted by molar-refractivity contribution is -0.131. The maximum Gasteiger partial charge on any atom is 0.254 e. The maximum atomic E-state index is 12.2. The molecule has 2 N–H and O–H groups in total. The van der Waals surface area contributed by atoms with Crippen molar-refractivity contribution in [2.45, 2.75) is 12.6 Å². The lowest BCUT2D eigenvalue weighted by Gasteiger charge is -2.15. The fourth-order valence-corrected chi connectivity index (χ4v) is 1.97. The predicted octanol–water partition coefficient (Wildman–Crippen LogP) is 1.48. The molecule has 0 fully saturated rings. The van der Waals surface area contributed by atoms with Crippen LogP contribution in [0.15, 0.2) is 30.3 Å². The van der Waals surface area contributed by atoms with Gasteiger partial charge in [0.25, 0.3) is 5.91 Å². The second kappa shape index (κ2) is 6.44. The van der Waals surface area contributed by atoms with Gasteiger partial charge in [-0.3, -0.25) is 9.89 Å². The SMILES string of the molecule is COC(C(=O)NCc1n[nH]c(=S)n1C)c1ccccc1. The van der Waals surface area contributed by atoms with E-state index < -0.39 is 6.10 Å². The Balaban J connectivity index is 2.04. The fraction of sp³-hybridized carbons (Fsp3) is 0.308. The summed E-state index contributed by atoms with van der Waals surface area (Å²) >= 11 is 5.01. The Morgan fingerprint density at radius 1 is 1.50 bits per heavy atom. The molecule has 1 aromatic carbocycles. The van der Waals surface area contributed by atoms with Crippen LogP contribution in [0.3, 0.4) is 0 Å². The van der Waals surface area contributed by atoms with E-state index in [1.807, 2.05) is 30.3 Å². The van der Waals surface area contributed by atoms with Crippen molar-refractivity contribution < 1.29 is 9.53 Å². The number of H-pyrrole nitrogens is 1. The summed E-state index contributed by atoms with van der Waals surface area (Å²) in [6.45, 7) is 0.287. The Kier molecular flexibility index (Phi) is 4.65. The van der Waals surface area contributed by atoms with Crippen LogP contribution in [0.2, 0.25) is 0 Å². The number of nitrogens with zero attached hydrogens (tertiary/aromatic N) is 2. The van der Waals surface area contributed by atoms with Crippen LogP contribution in [0.4, 0.5) is 0 Å². The molecule has 1 heterocycles. The second-order valence-corrected chi connectivity index (χ2v) is 4.63. The smallest absolute Gasteiger partial charge is 0.254 e. The number of ether oxygens (including phenoxy) is 1. The van der Waals surface area contributed by atoms with E-state index in [2.05, 4.69) is 15.5 Å². The highest BCUT2D eigenvalue weighted by Gasteiger charge is 2.19. The molecule has 6 nitrogen and oxygen atoms in total. The van der Waals surface area contributed by atoms with E-state index in [-0.39, 0.29) is 12.5 Å². The molecule has 0 saturated heterocycles. The zero-order chi connectivity index (χ0) is 14.5. The summed E-state index contributed by atoms with van der Waals surface area (Å²) in [5, 5.41) is 9.49. The first-order valence-corrected chi connectivity index (χ1v) is 6.50. The molecular formula is C13H16N4O2S. The Morgan fingerprint density at radius 2 is 2.20 bits per heavy atom. The molecule has 2 rings (SSSR count). The van der Waals surface area contributed by atoms with Crippen LogP contribution < -0.4 is 5.32 Å². The molecule has 0 radical (unpaired) electrons. The number of nitrogens with one attached hydrogen (secondary N) is 2. The van der Waals surface area contributed by atoms with Crippen molar-refractivity contribution in [3.8, 4) is 0 Å². The third kappa shape index (κ3) is 3.12. The number of carbonyl (C=O) groups is 1. The topological polar surface area (TPSA) is 71.9 Å². The van der Waals surface area contributed by atoms with E-state index in [0.717, 1.165) is 5.56 Å². The van der Waals surface area contributed by atoms with Gasteiger partial charge in [0.2, 0.25) is 0 Å². The fourth-order valence-electron chi connectivity index (χ4n) is 1.82. The molecule has 0 bridgehead atoms. The number of methoxy groups -OCH3 is 1. The normalized spacial score (nSPS) is 12.1. The summed E-state index contributed by atoms with van der Waals surface area (Å²) in [5.74, 6) is 0.443. The summed E-state index contributed by atoms with van der Waals surface area (Å²) in [4.78, 5) is 12.2. The van der Waals surface area contributed by atoms with Gasteiger partial charge in [-0.2, -0.15) is 5.10 Å². The zero-order valence-electron chi connectivity index (χ0n) is 11.3. The molecule has 0 aliphatic rings. The molecule has 20 heavy (non-hydrogen) atoms. The predicted molar refractivity (Wildman–Crippen MR) is 76.4 cm³/mol. The number of aromatic nitrogens is 3. The monoisotopic (exact) mass is 292 g/mol. The summed E-state index contributed by atoms with van der Waals surface area (Å²) in [6.07, 6.45) is -0.636. The average molecular weight is 292 g/mol. The van der Waals surface area contributed by atoms with Crippen molar-refractivity contribution >= 4 is 18.1 Å². The van der Waals surface area contributed by atoms with Gasteiger partial charge in [0.05, 0.1) is 6.54 Å². The minimum absolute atomic E-state index is 0.215. The van der Waals surface area contributed by atoms with Gasteiger partial charge in [0.1, 0.15) is 0 Å². The van der Waals surface area contributed by atoms with Crippen molar-refractivity contribution in [2.24, 2.45) is 7.05 Å². The van der Waals surface area contributed by atoms with Crippen molar-refractivity contribution in [3.05, 3.63) is 46.5 Å². The van der Waals surface area contributed by atoms with Crippen molar-refractivity contribution in [2.75, 3.05) is 7.11 Å². The van der Waals surface area contributed by atoms with Gasteiger partial charge in [0, 0.05) is 14.2 Å². The minimum atomic E-state index is -0.636. The van der Waals surface area contributed by atoms with Crippen LogP contribution in [-0.4, -0.2) is 27.8 Å². The van der Waals surface area contributed by atoms with Gasteiger partial charge in [-0.25, -0.2) is 0 Å². The van der Waals surface area contributed by atoms with Crippen LogP contribution in [0.1, 0.15) is 17.5 Å². The van der Waals surface area contributed by atoms with Crippen LogP contribution in [0, 0.1) is 4.77 Å². The number of carbonyl (C=O) groups excluding carboxylic acids is 1. The van der Waals surface area contributed by atoms with Crippen LogP contribution in [0.25, 0.3) is 0 Å². The standard InChI is InChI=1S/C13H16N4O2S/c1-17-10(15-16-13(17)20)8-14-12(18)11(19-2)9-6-4-3-5-7-9/h3-7,11H,8H2,1-2H3,(H,14,18)(H,16,20). The molecule has 1 aromatic heterocycles. The first-order valence-electron chi connectivity index (χ1n) is 6.09. The molecule has 1 amide bonds. The maximum absolute atomic E-state index is 12.2. The number of rotatable bonds is 5. The summed E-state index contributed by atoms with van der Waals surface area (Å²) in [5.41, 5.74) is 0.808. The van der Waals surface area contributed by atoms with Crippen molar-refractivity contribution in [3.63, 3.8) is 0 Å². The minimum Gasteiger partial charge on any atom is -0.367 e. The van der Waals surface area contributed by atoms with Gasteiger partial charge in [-0.15, -0.1) is 0 Å². The lowest BCUT2D eigenvalue weighted by Crippen LogP contribution is -2.30. The number of hydrogen-bond donors (Lipinski definition) is 2. The van der Waals surface area contributed by atoms with Gasteiger partial charge >= 0.3 is 0 Å². The van der Waals surface area contributed by atoms with Crippen molar-refractivity contribution in [1.82, 2.24) is 20.1 Å². The van der Waals surface area contributed by atoms with E-state index in [1.165, 1.54) is 7.11 Å². The molecule has 1 atom stereocenters. The van der Waals surface area contributed by atoms with Crippen LogP contribution >= 0.6 is 12.2 Å². The van der Waals surface area contributed by atoms with Crippen LogP contribution in [-0.2, 0) is 23.1 Å². The quantitative estimate of drug-likeness (QED) is 0.819. The van der Waals surface area contributed by atoms with Gasteiger partial charge in [0.15, 0.2) is 16.7 Å². The first-order chi connectivity index (χ1) is 9.63. The summed E-state index contributed by atoms with van der Waals surface area (Å²) < 4.78 is 7.48. The number of aromatic amines is 1. The highest BCUT2D eigenvalue weighted by atomic mass is 32.1. The molecule has 0 saturated carbocycles. The van der Waals surface area contributed by atoms with Crippen LogP contribution in [0.5, 0.6) is 0 Å². The molecular weight excluding hydrogens is 276 g/mol. The van der Waals surface area contributed by atoms with Gasteiger partial charge in [-0.05, 0) is 17.8 Å². The molecule has 106 valence electrons. The lowest BCUT2D eigenvalue weighted by atomic mass is 10.1. The largest absolute Gasteiger partial charge is 0.367 e. The molecule has 0 spiro atoms. The van der Waals surface area contributed by atoms with Crippen molar-refractivity contribution in [1.29, 1.82) is 0 Å². The third-order valence-corrected chi connectivity index (χ3v) is 3.33. The Hall–Kier alpha value is -1.99. The van der Waals surface area contributed by atoms with Gasteiger partial charge < -0.3 is 14.6 Å². The molecule has 1 unspecified atom stereocenters. The number of amides is 1. The third-order valence-electron chi connectivity index (χ3n) is 2.97. The number of hydrogen-bond acceptors (Lipinski definition) is 4. The molecule has 0 aliphatic carbocycles. The van der Waals surface area contributed by atoms with E-state index in [0.29, 0.717) is 10.6 Å². The zero-order valence-corrected chi connectivity index (χ0v) is 12.1. The summed E-state index contributed by atoms with van der Waals surface area (Å²) in [6, 6.07) is 9.33. The van der Waals surface area contributed by atoms with E-state index in [4.69, 9.17) is 17.0 Å². The molecule has 7 heteroatoms. The molecule has 0 aliphatic heterocycles. The number of benzene rings is 1. The Morgan fingerprint density at radius 3 is 2.75 bits per heavy atom. The summed E-state index contributed by atoms with van der Waals surface area (Å²) in [7, 11) is 3.30.